The summed E-state index contributed by atoms with van der Waals surface area (Å²) in [7, 11) is 0. The molecule has 0 spiro atoms. The first-order valence-electron chi connectivity index (χ1n) is 12.7. The van der Waals surface area contributed by atoms with E-state index in [9.17, 15) is 19.5 Å². The monoisotopic (exact) mass is 529 g/mol. The fourth-order valence-electron chi connectivity index (χ4n) is 4.09. The van der Waals surface area contributed by atoms with E-state index < -0.39 is 29.4 Å². The third-order valence-corrected chi connectivity index (χ3v) is 5.76. The van der Waals surface area contributed by atoms with Gasteiger partial charge in [0, 0.05) is 44.3 Å². The van der Waals surface area contributed by atoms with Crippen LogP contribution in [0.3, 0.4) is 0 Å². The Hall–Kier alpha value is -3.60. The zero-order chi connectivity index (χ0) is 28.1. The Morgan fingerprint density at radius 1 is 0.974 bits per heavy atom. The van der Waals surface area contributed by atoms with Gasteiger partial charge in [0.25, 0.3) is 0 Å². The number of fused-ring (bicyclic) bond motifs is 1. The molecule has 1 aliphatic heterocycles. The number of aromatic nitrogens is 1. The van der Waals surface area contributed by atoms with Crippen molar-refractivity contribution in [1.29, 1.82) is 0 Å². The zero-order valence-electron chi connectivity index (χ0n) is 23.0. The number of carbonyl (C=O) groups excluding carboxylic acids is 3. The summed E-state index contributed by atoms with van der Waals surface area (Å²) in [4.78, 5) is 46.2. The summed E-state index contributed by atoms with van der Waals surface area (Å²) in [6.45, 7) is 13.1. The molecule has 1 atom stereocenters. The Balaban J connectivity index is 1.63. The van der Waals surface area contributed by atoms with E-state index in [-0.39, 0.29) is 18.2 Å². The number of ether oxygens (including phenoxy) is 2. The van der Waals surface area contributed by atoms with Crippen LogP contribution >= 0.6 is 0 Å². The van der Waals surface area contributed by atoms with Crippen LogP contribution in [0.2, 0.25) is 0 Å². The lowest BCUT2D eigenvalue weighted by Crippen LogP contribution is -2.58. The average Bonchev–Trinajstić information content (AvgIpc) is 2.81. The molecule has 0 radical (unpaired) electrons. The number of phenolic OH excluding ortho intramolecular Hbond substituents is 1. The second-order valence-electron chi connectivity index (χ2n) is 11.3. The number of alkyl carbamates (subject to hydrolysis) is 2. The third kappa shape index (κ3) is 8.47. The van der Waals surface area contributed by atoms with E-state index in [4.69, 9.17) is 9.47 Å². The number of amides is 3. The first-order chi connectivity index (χ1) is 17.7. The van der Waals surface area contributed by atoms with Crippen LogP contribution in [0.15, 0.2) is 30.5 Å². The minimum atomic E-state index is -1.02. The van der Waals surface area contributed by atoms with Gasteiger partial charge < -0.3 is 30.1 Å². The number of hydrogen-bond acceptors (Lipinski definition) is 8. The van der Waals surface area contributed by atoms with Crippen LogP contribution < -0.4 is 10.6 Å². The van der Waals surface area contributed by atoms with Crippen LogP contribution in [-0.4, -0.2) is 88.0 Å². The molecule has 2 aromatic rings. The van der Waals surface area contributed by atoms with Crippen LogP contribution in [0.25, 0.3) is 10.9 Å². The van der Waals surface area contributed by atoms with E-state index in [0.717, 1.165) is 10.9 Å². The molecule has 1 fully saturated rings. The summed E-state index contributed by atoms with van der Waals surface area (Å²) in [5.74, 6) is -0.172. The molecule has 0 bridgehead atoms. The van der Waals surface area contributed by atoms with E-state index in [2.05, 4.69) is 20.5 Å². The lowest BCUT2D eigenvalue weighted by molar-refractivity contribution is -0.135. The van der Waals surface area contributed by atoms with Crippen molar-refractivity contribution in [2.45, 2.75) is 65.3 Å². The number of nitrogens with zero attached hydrogens (tertiary/aromatic N) is 3. The van der Waals surface area contributed by atoms with Crippen molar-refractivity contribution in [2.75, 3.05) is 32.7 Å². The maximum atomic E-state index is 13.4. The molecule has 0 aliphatic carbocycles. The molecule has 1 aromatic carbocycles. The van der Waals surface area contributed by atoms with Crippen molar-refractivity contribution in [1.82, 2.24) is 25.4 Å². The summed E-state index contributed by atoms with van der Waals surface area (Å²) >= 11 is 0. The van der Waals surface area contributed by atoms with Gasteiger partial charge >= 0.3 is 12.2 Å². The van der Waals surface area contributed by atoms with Crippen LogP contribution in [0.5, 0.6) is 5.75 Å². The molecule has 3 amide bonds. The predicted octanol–water partition coefficient (Wildman–Crippen LogP) is 3.00. The van der Waals surface area contributed by atoms with Crippen LogP contribution in [-0.2, 0) is 20.8 Å². The van der Waals surface area contributed by atoms with Gasteiger partial charge in [0.15, 0.2) is 0 Å². The van der Waals surface area contributed by atoms with Crippen molar-refractivity contribution in [3.8, 4) is 5.75 Å². The number of piperazine rings is 1. The highest BCUT2D eigenvalue weighted by atomic mass is 16.6. The summed E-state index contributed by atoms with van der Waals surface area (Å²) < 4.78 is 10.6. The van der Waals surface area contributed by atoms with Crippen molar-refractivity contribution in [3.63, 3.8) is 0 Å². The number of carbonyl (C=O) groups is 3. The zero-order valence-corrected chi connectivity index (χ0v) is 23.0. The van der Waals surface area contributed by atoms with Gasteiger partial charge in [-0.15, -0.1) is 0 Å². The molecule has 11 nitrogen and oxygen atoms in total. The molecule has 3 rings (SSSR count). The van der Waals surface area contributed by atoms with Gasteiger partial charge in [0.1, 0.15) is 28.5 Å². The highest BCUT2D eigenvalue weighted by Crippen LogP contribution is 2.26. The summed E-state index contributed by atoms with van der Waals surface area (Å²) in [5.41, 5.74) is 0.164. The molecule has 0 saturated carbocycles. The van der Waals surface area contributed by atoms with Crippen molar-refractivity contribution in [3.05, 3.63) is 36.0 Å². The number of phenols is 1. The lowest BCUT2D eigenvalue weighted by Gasteiger charge is -2.36. The lowest BCUT2D eigenvalue weighted by atomic mass is 10.1. The van der Waals surface area contributed by atoms with Crippen LogP contribution in [0.1, 0.15) is 47.1 Å². The van der Waals surface area contributed by atoms with Crippen molar-refractivity contribution in [2.24, 2.45) is 0 Å². The van der Waals surface area contributed by atoms with E-state index in [0.29, 0.717) is 38.2 Å². The van der Waals surface area contributed by atoms with E-state index >= 15 is 0 Å². The summed E-state index contributed by atoms with van der Waals surface area (Å²) in [5, 5.41) is 16.2. The number of benzene rings is 1. The first-order valence-corrected chi connectivity index (χ1v) is 12.7. The van der Waals surface area contributed by atoms with Crippen molar-refractivity contribution >= 4 is 29.0 Å². The van der Waals surface area contributed by atoms with Gasteiger partial charge in [-0.1, -0.05) is 12.1 Å². The van der Waals surface area contributed by atoms with E-state index in [1.807, 2.05) is 18.2 Å². The maximum Gasteiger partial charge on any atom is 0.408 e. The van der Waals surface area contributed by atoms with Gasteiger partial charge in [-0.25, -0.2) is 9.59 Å². The number of nitrogens with one attached hydrogen (secondary N) is 2. The molecule has 38 heavy (non-hydrogen) atoms. The minimum absolute atomic E-state index is 0.139. The predicted molar refractivity (Wildman–Crippen MR) is 143 cm³/mol. The molecule has 1 aliphatic rings. The Bertz CT molecular complexity index is 1150. The number of pyridine rings is 1. The fraction of sp³-hybridized carbons (Fsp3) is 0.556. The van der Waals surface area contributed by atoms with Gasteiger partial charge in [0.05, 0.1) is 6.54 Å². The molecule has 3 N–H and O–H groups in total. The van der Waals surface area contributed by atoms with Crippen molar-refractivity contribution < 1.29 is 29.0 Å². The second-order valence-corrected chi connectivity index (χ2v) is 11.3. The highest BCUT2D eigenvalue weighted by Gasteiger charge is 2.31. The van der Waals surface area contributed by atoms with Gasteiger partial charge in [-0.3, -0.25) is 14.7 Å². The molecule has 2 heterocycles. The van der Waals surface area contributed by atoms with Gasteiger partial charge in [-0.05, 0) is 59.2 Å². The van der Waals surface area contributed by atoms with Crippen LogP contribution in [0.4, 0.5) is 9.59 Å². The molecule has 11 heteroatoms. The Morgan fingerprint density at radius 2 is 1.61 bits per heavy atom. The molecular weight excluding hydrogens is 490 g/mol. The second kappa shape index (κ2) is 11.8. The average molecular weight is 530 g/mol. The molecule has 208 valence electrons. The number of rotatable bonds is 6. The highest BCUT2D eigenvalue weighted by molar-refractivity contribution is 5.87. The summed E-state index contributed by atoms with van der Waals surface area (Å²) in [6, 6.07) is 6.29. The van der Waals surface area contributed by atoms with E-state index in [1.54, 1.807) is 58.7 Å². The molecular formula is C27H39N5O6. The summed E-state index contributed by atoms with van der Waals surface area (Å²) in [6.07, 6.45) is 0.227. The van der Waals surface area contributed by atoms with Gasteiger partial charge in [-0.2, -0.15) is 0 Å². The molecule has 1 saturated heterocycles. The normalized spacial score (nSPS) is 15.6. The largest absolute Gasteiger partial charge is 0.506 e. The Kier molecular flexibility index (Phi) is 9.03. The van der Waals surface area contributed by atoms with Crippen LogP contribution in [0, 0.1) is 0 Å². The molecule has 1 aromatic heterocycles. The maximum absolute atomic E-state index is 13.4. The quantitative estimate of drug-likeness (QED) is 0.520. The Morgan fingerprint density at radius 3 is 2.24 bits per heavy atom. The van der Waals surface area contributed by atoms with E-state index in [1.165, 1.54) is 0 Å². The standard InChI is InChI=1S/C27H39N5O6/c1-26(2,3)37-24(35)29-16-20(30-25(36)38-27(4,5)6)23(34)32-14-12-31(13-15-32)17-18-9-10-21(33)22-19(18)8-7-11-28-22/h7-11,20,33H,12-17H2,1-6H3,(H,29,35)(H,30,36). The number of hydrogen-bond donors (Lipinski definition) is 3. The van der Waals surface area contributed by atoms with Gasteiger partial charge in [0.2, 0.25) is 5.91 Å². The molecule has 1 unspecified atom stereocenters. The SMILES string of the molecule is CC(C)(C)OC(=O)NCC(NC(=O)OC(C)(C)C)C(=O)N1CCN(Cc2ccc(O)c3ncccc23)CC1. The first kappa shape index (κ1) is 29.0. The minimum Gasteiger partial charge on any atom is -0.506 e. The Labute approximate surface area is 223 Å². The number of aromatic hydroxyl groups is 1. The smallest absolute Gasteiger partial charge is 0.408 e. The topological polar surface area (TPSA) is 133 Å². The third-order valence-electron chi connectivity index (χ3n) is 5.76. The fourth-order valence-corrected chi connectivity index (χ4v) is 4.09.